The molecular weight excluding hydrogens is 226 g/mol. The van der Waals surface area contributed by atoms with Gasteiger partial charge >= 0.3 is 0 Å². The number of benzene rings is 1. The molecule has 2 rings (SSSR count). The average molecular weight is 245 g/mol. The minimum atomic E-state index is -0.235. The fourth-order valence-corrected chi connectivity index (χ4v) is 1.82. The van der Waals surface area contributed by atoms with E-state index in [1.54, 1.807) is 0 Å². The monoisotopic (exact) mass is 245 g/mol. The number of nitrogens with two attached hydrogens (primary N) is 1. The van der Waals surface area contributed by atoms with Crippen molar-refractivity contribution in [2.45, 2.75) is 32.7 Å². The molecule has 1 aromatic carbocycles. The van der Waals surface area contributed by atoms with Crippen LogP contribution in [-0.4, -0.2) is 10.1 Å². The van der Waals surface area contributed by atoms with Gasteiger partial charge in [0.05, 0.1) is 6.04 Å². The lowest BCUT2D eigenvalue weighted by Crippen LogP contribution is -2.14. The molecule has 0 fully saturated rings. The van der Waals surface area contributed by atoms with E-state index in [4.69, 9.17) is 10.3 Å². The van der Waals surface area contributed by atoms with E-state index in [-0.39, 0.29) is 6.04 Å². The van der Waals surface area contributed by atoms with Crippen LogP contribution >= 0.6 is 0 Å². The summed E-state index contributed by atoms with van der Waals surface area (Å²) in [6.07, 6.45) is 1.53. The molecule has 4 heteroatoms. The molecule has 0 aliphatic heterocycles. The number of hydrogen-bond donors (Lipinski definition) is 1. The van der Waals surface area contributed by atoms with Crippen LogP contribution in [-0.2, 0) is 12.8 Å². The highest BCUT2D eigenvalue weighted by atomic mass is 16.5. The Bertz CT molecular complexity index is 479. The molecule has 1 atom stereocenters. The van der Waals surface area contributed by atoms with Crippen LogP contribution in [0.15, 0.2) is 34.9 Å². The van der Waals surface area contributed by atoms with Gasteiger partial charge in [-0.25, -0.2) is 0 Å². The van der Waals surface area contributed by atoms with Gasteiger partial charge in [-0.1, -0.05) is 49.3 Å². The van der Waals surface area contributed by atoms with Crippen LogP contribution in [0.3, 0.4) is 0 Å². The zero-order chi connectivity index (χ0) is 13.0. The van der Waals surface area contributed by atoms with Gasteiger partial charge in [0.25, 0.3) is 0 Å². The average Bonchev–Trinajstić information content (AvgIpc) is 2.78. The first-order chi connectivity index (χ1) is 8.65. The van der Waals surface area contributed by atoms with E-state index in [1.165, 1.54) is 5.56 Å². The Morgan fingerprint density at radius 1 is 1.17 bits per heavy atom. The van der Waals surface area contributed by atoms with Crippen molar-refractivity contribution in [1.82, 2.24) is 10.1 Å². The first-order valence-electron chi connectivity index (χ1n) is 6.27. The summed E-state index contributed by atoms with van der Waals surface area (Å²) >= 11 is 0. The Balaban J connectivity index is 2.00. The molecule has 0 aliphatic carbocycles. The van der Waals surface area contributed by atoms with E-state index < -0.39 is 0 Å². The van der Waals surface area contributed by atoms with Gasteiger partial charge < -0.3 is 10.3 Å². The summed E-state index contributed by atoms with van der Waals surface area (Å²) in [5.41, 5.74) is 7.25. The smallest absolute Gasteiger partial charge is 0.243 e. The van der Waals surface area contributed by atoms with Crippen molar-refractivity contribution >= 4 is 0 Å². The minimum Gasteiger partial charge on any atom is -0.338 e. The fraction of sp³-hybridized carbons (Fsp3) is 0.429. The summed E-state index contributed by atoms with van der Waals surface area (Å²) in [5.74, 6) is 1.78. The summed E-state index contributed by atoms with van der Waals surface area (Å²) in [6.45, 7) is 4.25. The lowest BCUT2D eigenvalue weighted by atomic mass is 10.1. The molecule has 1 aromatic heterocycles. The molecule has 1 heterocycles. The number of aromatic nitrogens is 2. The Labute approximate surface area is 107 Å². The molecule has 2 N–H and O–H groups in total. The Morgan fingerprint density at radius 2 is 1.89 bits per heavy atom. The molecule has 4 nitrogen and oxygen atoms in total. The van der Waals surface area contributed by atoms with Gasteiger partial charge in [-0.2, -0.15) is 4.98 Å². The zero-order valence-electron chi connectivity index (χ0n) is 10.8. The van der Waals surface area contributed by atoms with Crippen molar-refractivity contribution in [3.63, 3.8) is 0 Å². The Morgan fingerprint density at radius 3 is 2.56 bits per heavy atom. The molecule has 0 saturated carbocycles. The normalized spacial score (nSPS) is 12.9. The molecule has 18 heavy (non-hydrogen) atoms. The molecule has 0 radical (unpaired) electrons. The van der Waals surface area contributed by atoms with E-state index in [9.17, 15) is 0 Å². The van der Waals surface area contributed by atoms with Gasteiger partial charge in [-0.3, -0.25) is 0 Å². The van der Waals surface area contributed by atoms with Crippen LogP contribution in [0.5, 0.6) is 0 Å². The second-order valence-corrected chi connectivity index (χ2v) is 4.94. The Hall–Kier alpha value is -1.68. The van der Waals surface area contributed by atoms with Crippen LogP contribution < -0.4 is 5.73 Å². The van der Waals surface area contributed by atoms with Crippen LogP contribution in [0.1, 0.15) is 37.2 Å². The van der Waals surface area contributed by atoms with Crippen LogP contribution in [0.2, 0.25) is 0 Å². The SMILES string of the molecule is CC(C)Cc1noc([C@H](N)Cc2ccccc2)n1. The number of nitrogens with zero attached hydrogens (tertiary/aromatic N) is 2. The third kappa shape index (κ3) is 3.40. The van der Waals surface area contributed by atoms with Crippen molar-refractivity contribution in [2.75, 3.05) is 0 Å². The highest BCUT2D eigenvalue weighted by Crippen LogP contribution is 2.15. The summed E-state index contributed by atoms with van der Waals surface area (Å²) in [4.78, 5) is 4.34. The predicted molar refractivity (Wildman–Crippen MR) is 69.9 cm³/mol. The van der Waals surface area contributed by atoms with Crippen LogP contribution in [0.25, 0.3) is 0 Å². The van der Waals surface area contributed by atoms with Crippen molar-refractivity contribution < 1.29 is 4.52 Å². The molecule has 0 spiro atoms. The van der Waals surface area contributed by atoms with Gasteiger partial charge in [0.2, 0.25) is 5.89 Å². The number of rotatable bonds is 5. The van der Waals surface area contributed by atoms with Gasteiger partial charge in [0, 0.05) is 6.42 Å². The molecule has 0 bridgehead atoms. The van der Waals surface area contributed by atoms with E-state index in [0.29, 0.717) is 18.2 Å². The maximum absolute atomic E-state index is 6.07. The van der Waals surface area contributed by atoms with E-state index in [2.05, 4.69) is 24.0 Å². The predicted octanol–water partition coefficient (Wildman–Crippen LogP) is 2.51. The van der Waals surface area contributed by atoms with Gasteiger partial charge in [-0.05, 0) is 17.9 Å². The first kappa shape index (κ1) is 12.8. The second-order valence-electron chi connectivity index (χ2n) is 4.94. The van der Waals surface area contributed by atoms with Gasteiger partial charge in [0.15, 0.2) is 5.82 Å². The largest absolute Gasteiger partial charge is 0.338 e. The molecule has 0 aliphatic rings. The van der Waals surface area contributed by atoms with Gasteiger partial charge in [-0.15, -0.1) is 0 Å². The molecule has 0 amide bonds. The molecule has 96 valence electrons. The van der Waals surface area contributed by atoms with E-state index in [1.807, 2.05) is 30.3 Å². The summed E-state index contributed by atoms with van der Waals surface area (Å²) in [5, 5.41) is 3.95. The lowest BCUT2D eigenvalue weighted by molar-refractivity contribution is 0.348. The minimum absolute atomic E-state index is 0.235. The third-order valence-corrected chi connectivity index (χ3v) is 2.69. The van der Waals surface area contributed by atoms with Crippen molar-refractivity contribution in [1.29, 1.82) is 0 Å². The summed E-state index contributed by atoms with van der Waals surface area (Å²) in [7, 11) is 0. The molecule has 0 saturated heterocycles. The molecule has 2 aromatic rings. The summed E-state index contributed by atoms with van der Waals surface area (Å²) in [6, 6.07) is 9.85. The maximum atomic E-state index is 6.07. The van der Waals surface area contributed by atoms with Crippen LogP contribution in [0, 0.1) is 5.92 Å². The maximum Gasteiger partial charge on any atom is 0.243 e. The van der Waals surface area contributed by atoms with E-state index >= 15 is 0 Å². The quantitative estimate of drug-likeness (QED) is 0.879. The highest BCUT2D eigenvalue weighted by molar-refractivity contribution is 5.16. The molecular formula is C14H19N3O. The topological polar surface area (TPSA) is 64.9 Å². The second kappa shape index (κ2) is 5.78. The first-order valence-corrected chi connectivity index (χ1v) is 6.27. The third-order valence-electron chi connectivity index (χ3n) is 2.69. The van der Waals surface area contributed by atoms with Crippen molar-refractivity contribution in [2.24, 2.45) is 11.7 Å². The van der Waals surface area contributed by atoms with Crippen molar-refractivity contribution in [3.05, 3.63) is 47.6 Å². The standard InChI is InChI=1S/C14H19N3O/c1-10(2)8-13-16-14(18-17-13)12(15)9-11-6-4-3-5-7-11/h3-7,10,12H,8-9,15H2,1-2H3/t12-/m1/s1. The highest BCUT2D eigenvalue weighted by Gasteiger charge is 2.15. The zero-order valence-corrected chi connectivity index (χ0v) is 10.8. The van der Waals surface area contributed by atoms with Crippen LogP contribution in [0.4, 0.5) is 0 Å². The Kier molecular flexibility index (Phi) is 4.10. The van der Waals surface area contributed by atoms with Crippen molar-refractivity contribution in [3.8, 4) is 0 Å². The van der Waals surface area contributed by atoms with E-state index in [0.717, 1.165) is 12.2 Å². The fourth-order valence-electron chi connectivity index (χ4n) is 1.82. The summed E-state index contributed by atoms with van der Waals surface area (Å²) < 4.78 is 5.21. The van der Waals surface area contributed by atoms with Gasteiger partial charge in [0.1, 0.15) is 0 Å². The lowest BCUT2D eigenvalue weighted by Gasteiger charge is -2.06. The number of hydrogen-bond acceptors (Lipinski definition) is 4. The molecule has 0 unspecified atom stereocenters.